The van der Waals surface area contributed by atoms with Crippen LogP contribution in [0.3, 0.4) is 0 Å². The van der Waals surface area contributed by atoms with Gasteiger partial charge in [0.15, 0.2) is 0 Å². The Morgan fingerprint density at radius 1 is 1.60 bits per heavy atom. The van der Waals surface area contributed by atoms with Gasteiger partial charge in [-0.25, -0.2) is 9.97 Å². The Balaban J connectivity index is 1.81. The van der Waals surface area contributed by atoms with E-state index in [4.69, 9.17) is 0 Å². The number of amides is 1. The van der Waals surface area contributed by atoms with Gasteiger partial charge in [-0.2, -0.15) is 0 Å². The molecule has 0 aliphatic heterocycles. The number of nitrogens with one attached hydrogen (secondary N) is 2. The fraction of sp³-hybridized carbons (Fsp3) is 0.444. The van der Waals surface area contributed by atoms with Gasteiger partial charge in [0, 0.05) is 12.2 Å². The summed E-state index contributed by atoms with van der Waals surface area (Å²) in [6.07, 6.45) is 5.38. The Kier molecular flexibility index (Phi) is 3.34. The number of halogens is 1. The molecule has 0 radical (unpaired) electrons. The second-order valence-corrected chi connectivity index (χ2v) is 4.58. The Labute approximate surface area is 101 Å². The number of nitrogens with zero attached hydrogens (tertiary/aromatic N) is 2. The normalized spacial score (nSPS) is 14.7. The lowest BCUT2D eigenvalue weighted by Gasteiger charge is -2.06. The molecule has 1 fully saturated rings. The molecular formula is C9H11IN4O. The van der Waals surface area contributed by atoms with E-state index in [0.29, 0.717) is 11.9 Å². The van der Waals surface area contributed by atoms with E-state index in [1.54, 1.807) is 6.20 Å². The molecule has 2 N–H and O–H groups in total. The number of carbonyl (C=O) groups excluding carboxylic acids is 1. The van der Waals surface area contributed by atoms with Crippen LogP contribution >= 0.6 is 22.6 Å². The number of carbonyl (C=O) groups is 1. The summed E-state index contributed by atoms with van der Waals surface area (Å²) in [6, 6.07) is 0.406. The molecule has 1 aliphatic rings. The summed E-state index contributed by atoms with van der Waals surface area (Å²) in [5.74, 6) is 0.725. The van der Waals surface area contributed by atoms with Crippen LogP contribution in [-0.4, -0.2) is 28.5 Å². The second-order valence-electron chi connectivity index (χ2n) is 3.41. The van der Waals surface area contributed by atoms with Gasteiger partial charge in [-0.3, -0.25) is 4.79 Å². The Bertz CT molecular complexity index is 367. The summed E-state index contributed by atoms with van der Waals surface area (Å²) in [7, 11) is 0. The van der Waals surface area contributed by atoms with Crippen LogP contribution in [0.5, 0.6) is 0 Å². The third-order valence-electron chi connectivity index (χ3n) is 2.03. The molecular weight excluding hydrogens is 307 g/mol. The number of hydrogen-bond donors (Lipinski definition) is 2. The quantitative estimate of drug-likeness (QED) is 0.805. The summed E-state index contributed by atoms with van der Waals surface area (Å²) in [5.41, 5.74) is 0. The molecule has 1 saturated carbocycles. The molecule has 0 bridgehead atoms. The monoisotopic (exact) mass is 318 g/mol. The van der Waals surface area contributed by atoms with Crippen molar-refractivity contribution in [1.82, 2.24) is 15.3 Å². The van der Waals surface area contributed by atoms with Gasteiger partial charge in [0.05, 0.1) is 10.1 Å². The maximum Gasteiger partial charge on any atom is 0.239 e. The molecule has 5 nitrogen and oxygen atoms in total. The zero-order valence-corrected chi connectivity index (χ0v) is 10.2. The highest BCUT2D eigenvalue weighted by Gasteiger charge is 2.22. The van der Waals surface area contributed by atoms with Gasteiger partial charge >= 0.3 is 0 Å². The lowest BCUT2D eigenvalue weighted by Crippen LogP contribution is -2.31. The average molecular weight is 318 g/mol. The third kappa shape index (κ3) is 3.29. The predicted octanol–water partition coefficient (Wildman–Crippen LogP) is 0.772. The van der Waals surface area contributed by atoms with Gasteiger partial charge in [-0.15, -0.1) is 0 Å². The smallest absolute Gasteiger partial charge is 0.239 e. The van der Waals surface area contributed by atoms with Crippen molar-refractivity contribution < 1.29 is 4.79 Å². The fourth-order valence-electron chi connectivity index (χ4n) is 1.11. The molecule has 0 aromatic carbocycles. The number of rotatable bonds is 4. The summed E-state index contributed by atoms with van der Waals surface area (Å²) in [6.45, 7) is 0.267. The van der Waals surface area contributed by atoms with E-state index in [1.807, 2.05) is 0 Å². The van der Waals surface area contributed by atoms with E-state index in [2.05, 4.69) is 43.2 Å². The number of hydrogen-bond acceptors (Lipinski definition) is 4. The molecule has 0 unspecified atom stereocenters. The van der Waals surface area contributed by atoms with Crippen LogP contribution in [0.25, 0.3) is 0 Å². The van der Waals surface area contributed by atoms with Crippen molar-refractivity contribution >= 4 is 34.3 Å². The molecule has 0 atom stereocenters. The summed E-state index contributed by atoms with van der Waals surface area (Å²) >= 11 is 2.13. The van der Waals surface area contributed by atoms with E-state index in [-0.39, 0.29) is 12.5 Å². The van der Waals surface area contributed by atoms with Crippen LogP contribution in [0.1, 0.15) is 12.8 Å². The summed E-state index contributed by atoms with van der Waals surface area (Å²) in [5, 5.41) is 5.87. The van der Waals surface area contributed by atoms with Crippen molar-refractivity contribution in [1.29, 1.82) is 0 Å². The van der Waals surface area contributed by atoms with Crippen molar-refractivity contribution in [2.24, 2.45) is 0 Å². The minimum Gasteiger partial charge on any atom is -0.360 e. The Morgan fingerprint density at radius 2 is 2.40 bits per heavy atom. The van der Waals surface area contributed by atoms with E-state index < -0.39 is 0 Å². The van der Waals surface area contributed by atoms with E-state index >= 15 is 0 Å². The van der Waals surface area contributed by atoms with Crippen LogP contribution in [0.15, 0.2) is 12.5 Å². The number of aromatic nitrogens is 2. The van der Waals surface area contributed by atoms with Crippen molar-refractivity contribution in [3.05, 3.63) is 16.1 Å². The molecule has 1 heterocycles. The predicted molar refractivity (Wildman–Crippen MR) is 64.4 cm³/mol. The van der Waals surface area contributed by atoms with E-state index in [9.17, 15) is 4.79 Å². The molecule has 80 valence electrons. The first-order valence-electron chi connectivity index (χ1n) is 4.74. The molecule has 6 heteroatoms. The third-order valence-corrected chi connectivity index (χ3v) is 2.82. The Morgan fingerprint density at radius 3 is 3.07 bits per heavy atom. The van der Waals surface area contributed by atoms with Crippen LogP contribution in [0.4, 0.5) is 5.82 Å². The second kappa shape index (κ2) is 4.73. The molecule has 15 heavy (non-hydrogen) atoms. The van der Waals surface area contributed by atoms with Gasteiger partial charge in [0.25, 0.3) is 0 Å². The minimum atomic E-state index is 0.0203. The molecule has 0 spiro atoms. The van der Waals surface area contributed by atoms with Gasteiger partial charge in [-0.05, 0) is 35.4 Å². The average Bonchev–Trinajstić information content (AvgIpc) is 3.00. The first-order valence-corrected chi connectivity index (χ1v) is 5.82. The molecule has 1 amide bonds. The molecule has 2 rings (SSSR count). The van der Waals surface area contributed by atoms with E-state index in [0.717, 1.165) is 16.4 Å². The van der Waals surface area contributed by atoms with Crippen molar-refractivity contribution in [3.63, 3.8) is 0 Å². The van der Waals surface area contributed by atoms with Crippen molar-refractivity contribution in [2.75, 3.05) is 11.9 Å². The molecule has 1 aromatic heterocycles. The van der Waals surface area contributed by atoms with E-state index in [1.165, 1.54) is 6.33 Å². The van der Waals surface area contributed by atoms with Crippen LogP contribution in [0.2, 0.25) is 0 Å². The molecule has 1 aromatic rings. The standard InChI is InChI=1S/C9H11IN4O/c10-7-3-11-5-13-9(7)12-4-8(15)14-6-1-2-6/h3,5-6H,1-2,4H2,(H,14,15)(H,11,12,13). The largest absolute Gasteiger partial charge is 0.360 e. The van der Waals surface area contributed by atoms with Crippen molar-refractivity contribution in [2.45, 2.75) is 18.9 Å². The van der Waals surface area contributed by atoms with Gasteiger partial charge in [0.1, 0.15) is 12.1 Å². The maximum atomic E-state index is 11.4. The lowest BCUT2D eigenvalue weighted by molar-refractivity contribution is -0.119. The van der Waals surface area contributed by atoms with Crippen LogP contribution in [0, 0.1) is 3.57 Å². The highest BCUT2D eigenvalue weighted by atomic mass is 127. The summed E-state index contributed by atoms with van der Waals surface area (Å²) < 4.78 is 0.911. The number of anilines is 1. The van der Waals surface area contributed by atoms with Gasteiger partial charge in [-0.1, -0.05) is 0 Å². The zero-order valence-electron chi connectivity index (χ0n) is 8.03. The first-order chi connectivity index (χ1) is 7.25. The fourth-order valence-corrected chi connectivity index (χ4v) is 1.60. The topological polar surface area (TPSA) is 66.9 Å². The minimum absolute atomic E-state index is 0.0203. The van der Waals surface area contributed by atoms with Crippen LogP contribution in [-0.2, 0) is 4.79 Å². The molecule has 1 aliphatic carbocycles. The highest BCUT2D eigenvalue weighted by molar-refractivity contribution is 14.1. The Hall–Kier alpha value is -0.920. The first kappa shape index (κ1) is 10.6. The molecule has 0 saturated heterocycles. The highest BCUT2D eigenvalue weighted by Crippen LogP contribution is 2.18. The van der Waals surface area contributed by atoms with Crippen LogP contribution < -0.4 is 10.6 Å². The lowest BCUT2D eigenvalue weighted by atomic mass is 10.5. The van der Waals surface area contributed by atoms with Gasteiger partial charge in [0.2, 0.25) is 5.91 Å². The zero-order chi connectivity index (χ0) is 10.7. The SMILES string of the molecule is O=C(CNc1ncncc1I)NC1CC1. The van der Waals surface area contributed by atoms with Crippen molar-refractivity contribution in [3.8, 4) is 0 Å². The van der Waals surface area contributed by atoms with Gasteiger partial charge < -0.3 is 10.6 Å². The maximum absolute atomic E-state index is 11.4. The summed E-state index contributed by atoms with van der Waals surface area (Å²) in [4.78, 5) is 19.3.